The van der Waals surface area contributed by atoms with E-state index in [1.165, 1.54) is 0 Å². The molecule has 0 radical (unpaired) electrons. The smallest absolute Gasteiger partial charge is 0.129 e. The molecule has 0 saturated heterocycles. The van der Waals surface area contributed by atoms with Gasteiger partial charge in [0.2, 0.25) is 0 Å². The molecule has 1 unspecified atom stereocenters. The molecule has 3 nitrogen and oxygen atoms in total. The molecule has 0 aliphatic heterocycles. The molecule has 80 valence electrons. The predicted octanol–water partition coefficient (Wildman–Crippen LogP) is 2.54. The molecule has 0 saturated carbocycles. The van der Waals surface area contributed by atoms with Gasteiger partial charge in [0.25, 0.3) is 0 Å². The lowest BCUT2D eigenvalue weighted by Gasteiger charge is -2.05. The van der Waals surface area contributed by atoms with Crippen LogP contribution in [0.4, 0.5) is 0 Å². The summed E-state index contributed by atoms with van der Waals surface area (Å²) in [6.45, 7) is 0.482. The molecule has 0 bridgehead atoms. The van der Waals surface area contributed by atoms with Crippen LogP contribution in [0.2, 0.25) is 0 Å². The summed E-state index contributed by atoms with van der Waals surface area (Å²) in [4.78, 5) is 0. The van der Waals surface area contributed by atoms with Gasteiger partial charge in [-0.05, 0) is 34.5 Å². The third-order valence-corrected chi connectivity index (χ3v) is 2.88. The molecular formula is C11H13NO2S. The van der Waals surface area contributed by atoms with Crippen molar-refractivity contribution in [3.63, 3.8) is 0 Å². The second kappa shape index (κ2) is 4.61. The Balaban J connectivity index is 2.15. The number of hydrogen-bond acceptors (Lipinski definition) is 4. The third kappa shape index (κ3) is 2.28. The number of hydrogen-bond donors (Lipinski definition) is 1. The minimum atomic E-state index is -0.179. The minimum Gasteiger partial charge on any atom is -0.462 e. The van der Waals surface area contributed by atoms with Crippen molar-refractivity contribution < 1.29 is 9.15 Å². The van der Waals surface area contributed by atoms with E-state index in [9.17, 15) is 0 Å². The second-order valence-electron chi connectivity index (χ2n) is 3.27. The fourth-order valence-electron chi connectivity index (χ4n) is 1.40. The van der Waals surface area contributed by atoms with E-state index in [1.807, 2.05) is 29.0 Å². The summed E-state index contributed by atoms with van der Waals surface area (Å²) in [6, 6.07) is 5.62. The van der Waals surface area contributed by atoms with Crippen molar-refractivity contribution in [1.29, 1.82) is 0 Å². The topological polar surface area (TPSA) is 48.4 Å². The zero-order valence-corrected chi connectivity index (χ0v) is 9.29. The van der Waals surface area contributed by atoms with Crippen molar-refractivity contribution in [3.8, 4) is 0 Å². The maximum Gasteiger partial charge on any atom is 0.129 e. The van der Waals surface area contributed by atoms with Crippen molar-refractivity contribution in [3.05, 3.63) is 46.0 Å². The van der Waals surface area contributed by atoms with Gasteiger partial charge in [-0.3, -0.25) is 0 Å². The van der Waals surface area contributed by atoms with Crippen LogP contribution in [0.3, 0.4) is 0 Å². The molecule has 2 rings (SSSR count). The number of rotatable bonds is 4. The van der Waals surface area contributed by atoms with Crippen LogP contribution in [0.5, 0.6) is 0 Å². The molecule has 0 aliphatic carbocycles. The first-order valence-corrected chi connectivity index (χ1v) is 5.60. The maximum absolute atomic E-state index is 6.04. The van der Waals surface area contributed by atoms with Gasteiger partial charge in [-0.1, -0.05) is 0 Å². The van der Waals surface area contributed by atoms with Crippen LogP contribution >= 0.6 is 11.3 Å². The molecule has 0 spiro atoms. The number of thiophene rings is 1. The summed E-state index contributed by atoms with van der Waals surface area (Å²) in [7, 11) is 1.64. The highest BCUT2D eigenvalue weighted by Gasteiger charge is 2.13. The first-order valence-electron chi connectivity index (χ1n) is 4.66. The first-order chi connectivity index (χ1) is 7.31. The summed E-state index contributed by atoms with van der Waals surface area (Å²) >= 11 is 1.63. The largest absolute Gasteiger partial charge is 0.462 e. The average molecular weight is 223 g/mol. The van der Waals surface area contributed by atoms with E-state index in [0.29, 0.717) is 6.61 Å². The quantitative estimate of drug-likeness (QED) is 0.866. The van der Waals surface area contributed by atoms with E-state index in [1.54, 1.807) is 18.4 Å². The summed E-state index contributed by atoms with van der Waals surface area (Å²) in [5.74, 6) is 1.58. The summed E-state index contributed by atoms with van der Waals surface area (Å²) in [6.07, 6.45) is 0. The van der Waals surface area contributed by atoms with Crippen LogP contribution < -0.4 is 5.73 Å². The molecule has 0 aromatic carbocycles. The molecule has 2 aromatic heterocycles. The van der Waals surface area contributed by atoms with Crippen LogP contribution in [-0.2, 0) is 11.3 Å². The Kier molecular flexibility index (Phi) is 3.20. The van der Waals surface area contributed by atoms with Crippen molar-refractivity contribution in [1.82, 2.24) is 0 Å². The Bertz CT molecular complexity index is 408. The van der Waals surface area contributed by atoms with E-state index in [0.717, 1.165) is 17.1 Å². The molecular weight excluding hydrogens is 210 g/mol. The normalized spacial score (nSPS) is 12.9. The number of furan rings is 1. The molecule has 15 heavy (non-hydrogen) atoms. The van der Waals surface area contributed by atoms with Crippen LogP contribution in [0.15, 0.2) is 33.4 Å². The molecule has 0 fully saturated rings. The Morgan fingerprint density at radius 1 is 1.47 bits per heavy atom. The Morgan fingerprint density at radius 2 is 2.33 bits per heavy atom. The number of nitrogens with two attached hydrogens (primary N) is 1. The number of methoxy groups -OCH3 is 1. The fraction of sp³-hybridized carbons (Fsp3) is 0.273. The lowest BCUT2D eigenvalue weighted by molar-refractivity contribution is 0.162. The van der Waals surface area contributed by atoms with E-state index in [-0.39, 0.29) is 6.04 Å². The van der Waals surface area contributed by atoms with Crippen LogP contribution in [0.1, 0.15) is 23.1 Å². The zero-order valence-electron chi connectivity index (χ0n) is 8.47. The molecule has 0 amide bonds. The van der Waals surface area contributed by atoms with Crippen molar-refractivity contribution in [2.24, 2.45) is 5.73 Å². The number of ether oxygens (including phenoxy) is 1. The SMILES string of the molecule is COCc1ccc(C(N)c2ccsc2)o1. The van der Waals surface area contributed by atoms with Gasteiger partial charge in [-0.25, -0.2) is 0 Å². The maximum atomic E-state index is 6.04. The average Bonchev–Trinajstić information content (AvgIpc) is 2.87. The van der Waals surface area contributed by atoms with E-state index < -0.39 is 0 Å². The van der Waals surface area contributed by atoms with Crippen molar-refractivity contribution in [2.45, 2.75) is 12.6 Å². The summed E-state index contributed by atoms with van der Waals surface area (Å²) in [5.41, 5.74) is 7.12. The fourth-order valence-corrected chi connectivity index (χ4v) is 2.09. The van der Waals surface area contributed by atoms with Crippen LogP contribution in [0.25, 0.3) is 0 Å². The molecule has 0 aliphatic rings. The molecule has 1 atom stereocenters. The van der Waals surface area contributed by atoms with Crippen LogP contribution in [-0.4, -0.2) is 7.11 Å². The van der Waals surface area contributed by atoms with Gasteiger partial charge in [0.1, 0.15) is 18.1 Å². The Hall–Kier alpha value is -1.10. The Labute approximate surface area is 92.5 Å². The van der Waals surface area contributed by atoms with E-state index in [2.05, 4.69) is 0 Å². The third-order valence-electron chi connectivity index (χ3n) is 2.18. The van der Waals surface area contributed by atoms with Crippen molar-refractivity contribution in [2.75, 3.05) is 7.11 Å². The first kappa shape index (κ1) is 10.4. The van der Waals surface area contributed by atoms with Crippen LogP contribution in [0, 0.1) is 0 Å². The lowest BCUT2D eigenvalue weighted by Crippen LogP contribution is -2.09. The minimum absolute atomic E-state index is 0.179. The predicted molar refractivity (Wildman–Crippen MR) is 59.8 cm³/mol. The highest BCUT2D eigenvalue weighted by molar-refractivity contribution is 7.07. The second-order valence-corrected chi connectivity index (χ2v) is 4.05. The standard InChI is InChI=1S/C11H13NO2S/c1-13-6-9-2-3-10(14-9)11(12)8-4-5-15-7-8/h2-5,7,11H,6,12H2,1H3. The highest BCUT2D eigenvalue weighted by Crippen LogP contribution is 2.23. The zero-order chi connectivity index (χ0) is 10.7. The van der Waals surface area contributed by atoms with E-state index >= 15 is 0 Å². The van der Waals surface area contributed by atoms with Gasteiger partial charge in [-0.2, -0.15) is 11.3 Å². The highest BCUT2D eigenvalue weighted by atomic mass is 32.1. The monoisotopic (exact) mass is 223 g/mol. The van der Waals surface area contributed by atoms with Gasteiger partial charge >= 0.3 is 0 Å². The van der Waals surface area contributed by atoms with Gasteiger partial charge in [-0.15, -0.1) is 0 Å². The van der Waals surface area contributed by atoms with Gasteiger partial charge in [0.05, 0.1) is 6.04 Å². The summed E-state index contributed by atoms with van der Waals surface area (Å²) < 4.78 is 10.5. The van der Waals surface area contributed by atoms with E-state index in [4.69, 9.17) is 14.9 Å². The summed E-state index contributed by atoms with van der Waals surface area (Å²) in [5, 5.41) is 4.04. The molecule has 2 heterocycles. The molecule has 2 N–H and O–H groups in total. The van der Waals surface area contributed by atoms with Gasteiger partial charge < -0.3 is 14.9 Å². The van der Waals surface area contributed by atoms with Crippen molar-refractivity contribution >= 4 is 11.3 Å². The molecule has 4 heteroatoms. The van der Waals surface area contributed by atoms with Gasteiger partial charge in [0, 0.05) is 7.11 Å². The molecule has 2 aromatic rings. The Morgan fingerprint density at radius 3 is 3.00 bits per heavy atom. The van der Waals surface area contributed by atoms with Gasteiger partial charge in [0.15, 0.2) is 0 Å². The lowest BCUT2D eigenvalue weighted by atomic mass is 10.1.